The molecular weight excluding hydrogens is 186 g/mol. The highest BCUT2D eigenvalue weighted by atomic mass is 16.5. The van der Waals surface area contributed by atoms with Gasteiger partial charge in [0.1, 0.15) is 0 Å². The quantitative estimate of drug-likeness (QED) is 0.729. The minimum Gasteiger partial charge on any atom is -0.381 e. The first kappa shape index (κ1) is 9.22. The monoisotopic (exact) mass is 203 g/mol. The van der Waals surface area contributed by atoms with Crippen molar-refractivity contribution in [3.63, 3.8) is 0 Å². The summed E-state index contributed by atoms with van der Waals surface area (Å²) >= 11 is 0. The van der Waals surface area contributed by atoms with Crippen LogP contribution in [0.1, 0.15) is 5.56 Å². The first-order valence-corrected chi connectivity index (χ1v) is 5.72. The molecule has 2 fully saturated rings. The van der Waals surface area contributed by atoms with Gasteiger partial charge in [-0.1, -0.05) is 17.7 Å². The average molecular weight is 203 g/mol. The smallest absolute Gasteiger partial charge is 0.0520 e. The molecule has 0 atom stereocenters. The van der Waals surface area contributed by atoms with Crippen LogP contribution in [-0.2, 0) is 4.74 Å². The van der Waals surface area contributed by atoms with Crippen molar-refractivity contribution >= 4 is 5.69 Å². The fourth-order valence-electron chi connectivity index (χ4n) is 2.30. The fraction of sp³-hybridized carbons (Fsp3) is 0.538. The summed E-state index contributed by atoms with van der Waals surface area (Å²) in [6.45, 7) is 6.56. The van der Waals surface area contributed by atoms with E-state index in [2.05, 4.69) is 36.1 Å². The van der Waals surface area contributed by atoms with Crippen LogP contribution in [0.25, 0.3) is 0 Å². The van der Waals surface area contributed by atoms with Gasteiger partial charge in [0.15, 0.2) is 0 Å². The van der Waals surface area contributed by atoms with Gasteiger partial charge in [0.05, 0.1) is 13.2 Å². The van der Waals surface area contributed by atoms with E-state index >= 15 is 0 Å². The zero-order chi connectivity index (χ0) is 10.3. The van der Waals surface area contributed by atoms with E-state index in [0.29, 0.717) is 0 Å². The van der Waals surface area contributed by atoms with Gasteiger partial charge in [-0.05, 0) is 19.1 Å². The average Bonchev–Trinajstić information content (AvgIpc) is 2.09. The molecule has 0 aromatic heterocycles. The summed E-state index contributed by atoms with van der Waals surface area (Å²) < 4.78 is 5.23. The lowest BCUT2D eigenvalue weighted by molar-refractivity contribution is -0.0659. The van der Waals surface area contributed by atoms with Crippen molar-refractivity contribution in [2.24, 2.45) is 11.8 Å². The molecule has 3 rings (SSSR count). The molecule has 15 heavy (non-hydrogen) atoms. The third-order valence-corrected chi connectivity index (χ3v) is 3.64. The summed E-state index contributed by atoms with van der Waals surface area (Å²) in [5.41, 5.74) is 2.71. The van der Waals surface area contributed by atoms with E-state index in [1.165, 1.54) is 24.3 Å². The molecule has 0 radical (unpaired) electrons. The van der Waals surface area contributed by atoms with Crippen molar-refractivity contribution in [3.8, 4) is 0 Å². The van der Waals surface area contributed by atoms with Crippen molar-refractivity contribution < 1.29 is 4.74 Å². The number of hydrogen-bond donors (Lipinski definition) is 0. The molecule has 1 aromatic rings. The van der Waals surface area contributed by atoms with Gasteiger partial charge in [0, 0.05) is 30.6 Å². The Morgan fingerprint density at radius 2 is 1.73 bits per heavy atom. The Hall–Kier alpha value is -1.02. The largest absolute Gasteiger partial charge is 0.381 e. The number of aryl methyl sites for hydroxylation is 1. The Labute approximate surface area is 90.8 Å². The number of rotatable bonds is 2. The predicted molar refractivity (Wildman–Crippen MR) is 61.2 cm³/mol. The highest BCUT2D eigenvalue weighted by molar-refractivity contribution is 5.49. The highest BCUT2D eigenvalue weighted by Crippen LogP contribution is 2.32. The molecule has 1 aromatic carbocycles. The predicted octanol–water partition coefficient (Wildman–Crippen LogP) is 2.08. The van der Waals surface area contributed by atoms with Crippen molar-refractivity contribution in [1.29, 1.82) is 0 Å². The lowest BCUT2D eigenvalue weighted by Crippen LogP contribution is -2.54. The molecule has 2 heteroatoms. The molecule has 2 nitrogen and oxygen atoms in total. The number of anilines is 1. The third kappa shape index (κ3) is 1.63. The Morgan fingerprint density at radius 3 is 2.27 bits per heavy atom. The zero-order valence-corrected chi connectivity index (χ0v) is 9.15. The van der Waals surface area contributed by atoms with Gasteiger partial charge in [0.2, 0.25) is 0 Å². The van der Waals surface area contributed by atoms with Crippen LogP contribution in [0, 0.1) is 18.8 Å². The standard InChI is InChI=1S/C13H17NO/c1-10-2-4-13(5-3-10)14-6-11(7-14)12-8-15-9-12/h2-5,11-12H,6-9H2,1H3. The molecule has 0 bridgehead atoms. The molecule has 0 N–H and O–H groups in total. The zero-order valence-electron chi connectivity index (χ0n) is 9.15. The number of benzene rings is 1. The van der Waals surface area contributed by atoms with E-state index in [-0.39, 0.29) is 0 Å². The van der Waals surface area contributed by atoms with Crippen molar-refractivity contribution in [3.05, 3.63) is 29.8 Å². The molecule has 0 spiro atoms. The van der Waals surface area contributed by atoms with Gasteiger partial charge < -0.3 is 9.64 Å². The van der Waals surface area contributed by atoms with Crippen LogP contribution in [0.2, 0.25) is 0 Å². The van der Waals surface area contributed by atoms with Crippen molar-refractivity contribution in [2.45, 2.75) is 6.92 Å². The Kier molecular flexibility index (Phi) is 2.17. The highest BCUT2D eigenvalue weighted by Gasteiger charge is 2.37. The fourth-order valence-corrected chi connectivity index (χ4v) is 2.30. The summed E-state index contributed by atoms with van der Waals surface area (Å²) in [5.74, 6) is 1.71. The summed E-state index contributed by atoms with van der Waals surface area (Å²) in [5, 5.41) is 0. The Balaban J connectivity index is 1.59. The van der Waals surface area contributed by atoms with E-state index in [1.807, 2.05) is 0 Å². The van der Waals surface area contributed by atoms with Crippen LogP contribution in [0.3, 0.4) is 0 Å². The van der Waals surface area contributed by atoms with Crippen LogP contribution in [0.5, 0.6) is 0 Å². The van der Waals surface area contributed by atoms with Crippen LogP contribution in [0.4, 0.5) is 5.69 Å². The minimum absolute atomic E-state index is 0.840. The SMILES string of the molecule is Cc1ccc(N2CC(C3COC3)C2)cc1. The molecule has 2 heterocycles. The molecule has 0 saturated carbocycles. The molecule has 0 aliphatic carbocycles. The second-order valence-corrected chi connectivity index (χ2v) is 4.80. The second-order valence-electron chi connectivity index (χ2n) is 4.80. The molecule has 2 saturated heterocycles. The van der Waals surface area contributed by atoms with Crippen LogP contribution < -0.4 is 4.90 Å². The molecule has 80 valence electrons. The summed E-state index contributed by atoms with van der Waals surface area (Å²) in [6.07, 6.45) is 0. The van der Waals surface area contributed by atoms with Crippen molar-refractivity contribution in [2.75, 3.05) is 31.2 Å². The Morgan fingerprint density at radius 1 is 1.07 bits per heavy atom. The van der Waals surface area contributed by atoms with Gasteiger partial charge in [-0.25, -0.2) is 0 Å². The summed E-state index contributed by atoms with van der Waals surface area (Å²) in [6, 6.07) is 8.83. The van der Waals surface area contributed by atoms with Crippen LogP contribution in [-0.4, -0.2) is 26.3 Å². The normalized spacial score (nSPS) is 22.3. The van der Waals surface area contributed by atoms with E-state index in [9.17, 15) is 0 Å². The van der Waals surface area contributed by atoms with E-state index < -0.39 is 0 Å². The molecule has 2 aliphatic rings. The minimum atomic E-state index is 0.840. The lowest BCUT2D eigenvalue weighted by Gasteiger charge is -2.47. The number of ether oxygens (including phenoxy) is 1. The molecule has 0 unspecified atom stereocenters. The van der Waals surface area contributed by atoms with Crippen LogP contribution >= 0.6 is 0 Å². The number of hydrogen-bond acceptors (Lipinski definition) is 2. The molecule has 0 amide bonds. The molecule has 2 aliphatic heterocycles. The van der Waals surface area contributed by atoms with E-state index in [1.54, 1.807) is 0 Å². The Bertz CT molecular complexity index is 336. The van der Waals surface area contributed by atoms with Crippen molar-refractivity contribution in [1.82, 2.24) is 0 Å². The summed E-state index contributed by atoms with van der Waals surface area (Å²) in [7, 11) is 0. The number of nitrogens with zero attached hydrogens (tertiary/aromatic N) is 1. The third-order valence-electron chi connectivity index (χ3n) is 3.64. The maximum absolute atomic E-state index is 5.23. The first-order chi connectivity index (χ1) is 7.33. The maximum atomic E-state index is 5.23. The summed E-state index contributed by atoms with van der Waals surface area (Å²) in [4.78, 5) is 2.46. The van der Waals surface area contributed by atoms with Gasteiger partial charge in [-0.2, -0.15) is 0 Å². The van der Waals surface area contributed by atoms with E-state index in [4.69, 9.17) is 4.74 Å². The van der Waals surface area contributed by atoms with Gasteiger partial charge in [0.25, 0.3) is 0 Å². The topological polar surface area (TPSA) is 12.5 Å². The lowest BCUT2D eigenvalue weighted by atomic mass is 9.84. The maximum Gasteiger partial charge on any atom is 0.0520 e. The van der Waals surface area contributed by atoms with Gasteiger partial charge >= 0.3 is 0 Å². The van der Waals surface area contributed by atoms with Gasteiger partial charge in [-0.15, -0.1) is 0 Å². The van der Waals surface area contributed by atoms with E-state index in [0.717, 1.165) is 25.0 Å². The second kappa shape index (κ2) is 3.53. The van der Waals surface area contributed by atoms with Gasteiger partial charge in [-0.3, -0.25) is 0 Å². The molecular formula is C13H17NO. The first-order valence-electron chi connectivity index (χ1n) is 5.72. The van der Waals surface area contributed by atoms with Crippen LogP contribution in [0.15, 0.2) is 24.3 Å².